The number of aromatic nitrogens is 3. The fraction of sp³-hybridized carbons (Fsp3) is 0.200. The summed E-state index contributed by atoms with van der Waals surface area (Å²) in [4.78, 5) is 30.2. The van der Waals surface area contributed by atoms with Gasteiger partial charge in [0.15, 0.2) is 0 Å². The number of piperazine rings is 1. The number of nitrogens with zero attached hydrogens (tertiary/aromatic N) is 5. The van der Waals surface area contributed by atoms with Gasteiger partial charge in [0.2, 0.25) is 0 Å². The molecule has 33 heavy (non-hydrogen) atoms. The first-order chi connectivity index (χ1) is 16.1. The molecule has 0 atom stereocenters. The van der Waals surface area contributed by atoms with Gasteiger partial charge in [-0.1, -0.05) is 36.4 Å². The Kier molecular flexibility index (Phi) is 5.72. The topological polar surface area (TPSA) is 86.3 Å². The maximum atomic E-state index is 12.8. The Labute approximate surface area is 192 Å². The molecule has 8 heteroatoms. The fourth-order valence-corrected chi connectivity index (χ4v) is 3.95. The number of anilines is 4. The lowest BCUT2D eigenvalue weighted by molar-refractivity contribution is 0.208. The molecule has 0 aliphatic carbocycles. The smallest absolute Gasteiger partial charge is 0.321 e. The van der Waals surface area contributed by atoms with Crippen LogP contribution in [0.4, 0.5) is 27.9 Å². The van der Waals surface area contributed by atoms with E-state index in [0.717, 1.165) is 28.1 Å². The van der Waals surface area contributed by atoms with Gasteiger partial charge in [0.25, 0.3) is 0 Å². The van der Waals surface area contributed by atoms with Crippen molar-refractivity contribution >= 4 is 39.9 Å². The molecule has 1 aliphatic rings. The van der Waals surface area contributed by atoms with Gasteiger partial charge in [-0.25, -0.2) is 19.7 Å². The third-order valence-electron chi connectivity index (χ3n) is 5.64. The van der Waals surface area contributed by atoms with Crippen LogP contribution in [0.25, 0.3) is 10.8 Å². The quantitative estimate of drug-likeness (QED) is 0.489. The van der Waals surface area contributed by atoms with Crippen LogP contribution in [-0.2, 0) is 0 Å². The molecule has 166 valence electrons. The van der Waals surface area contributed by atoms with Crippen molar-refractivity contribution in [1.82, 2.24) is 19.9 Å². The SMILES string of the molecule is Cc1nc(Nc2ccccn2)cc(N2CCN(C(=O)Nc3ccc4ccccc4c3)CC2)n1. The van der Waals surface area contributed by atoms with Crippen LogP contribution >= 0.6 is 0 Å². The van der Waals surface area contributed by atoms with Crippen molar-refractivity contribution in [2.45, 2.75) is 6.92 Å². The van der Waals surface area contributed by atoms with E-state index in [9.17, 15) is 4.79 Å². The second-order valence-electron chi connectivity index (χ2n) is 7.96. The molecule has 0 unspecified atom stereocenters. The molecule has 1 fully saturated rings. The van der Waals surface area contributed by atoms with E-state index in [2.05, 4.69) is 36.6 Å². The monoisotopic (exact) mass is 439 g/mol. The van der Waals surface area contributed by atoms with E-state index in [1.54, 1.807) is 6.20 Å². The summed E-state index contributed by atoms with van der Waals surface area (Å²) in [6, 6.07) is 21.6. The third-order valence-corrected chi connectivity index (χ3v) is 5.64. The van der Waals surface area contributed by atoms with Crippen molar-refractivity contribution in [3.8, 4) is 0 Å². The van der Waals surface area contributed by atoms with E-state index in [-0.39, 0.29) is 6.03 Å². The standard InChI is InChI=1S/C25H25N7O/c1-18-27-23(30-22-8-4-5-11-26-22)17-24(28-18)31-12-14-32(15-13-31)25(33)29-21-10-9-19-6-2-3-7-20(19)16-21/h2-11,16-17H,12-15H2,1H3,(H,29,33)(H,26,27,28,30). The van der Waals surface area contributed by atoms with Crippen molar-refractivity contribution < 1.29 is 4.79 Å². The molecular weight excluding hydrogens is 414 g/mol. The lowest BCUT2D eigenvalue weighted by atomic mass is 10.1. The number of carbonyl (C=O) groups is 1. The minimum Gasteiger partial charge on any atom is -0.353 e. The summed E-state index contributed by atoms with van der Waals surface area (Å²) in [5.74, 6) is 2.96. The van der Waals surface area contributed by atoms with Gasteiger partial charge >= 0.3 is 6.03 Å². The van der Waals surface area contributed by atoms with E-state index in [1.807, 2.05) is 72.5 Å². The van der Waals surface area contributed by atoms with Crippen LogP contribution < -0.4 is 15.5 Å². The zero-order chi connectivity index (χ0) is 22.6. The minimum absolute atomic E-state index is 0.0821. The van der Waals surface area contributed by atoms with Gasteiger partial charge < -0.3 is 20.4 Å². The molecule has 0 saturated carbocycles. The van der Waals surface area contributed by atoms with Gasteiger partial charge in [-0.3, -0.25) is 0 Å². The molecule has 4 aromatic rings. The zero-order valence-electron chi connectivity index (χ0n) is 18.4. The number of amides is 2. The Bertz CT molecular complexity index is 1270. The number of fused-ring (bicyclic) bond motifs is 1. The number of pyridine rings is 1. The number of rotatable bonds is 4. The predicted octanol–water partition coefficient (Wildman–Crippen LogP) is 4.43. The molecule has 0 spiro atoms. The first kappa shape index (κ1) is 20.7. The van der Waals surface area contributed by atoms with Crippen LogP contribution in [0.2, 0.25) is 0 Å². The lowest BCUT2D eigenvalue weighted by Crippen LogP contribution is -2.50. The van der Waals surface area contributed by atoms with Gasteiger partial charge in [0, 0.05) is 44.1 Å². The van der Waals surface area contributed by atoms with Crippen molar-refractivity contribution in [1.29, 1.82) is 0 Å². The fourth-order valence-electron chi connectivity index (χ4n) is 3.95. The van der Waals surface area contributed by atoms with Crippen LogP contribution in [0.1, 0.15) is 5.82 Å². The number of hydrogen-bond acceptors (Lipinski definition) is 6. The van der Waals surface area contributed by atoms with Crippen LogP contribution in [-0.4, -0.2) is 52.1 Å². The highest BCUT2D eigenvalue weighted by atomic mass is 16.2. The number of carbonyl (C=O) groups excluding carboxylic acids is 1. The Morgan fingerprint density at radius 2 is 1.64 bits per heavy atom. The van der Waals surface area contributed by atoms with Gasteiger partial charge in [-0.15, -0.1) is 0 Å². The van der Waals surface area contributed by atoms with Crippen molar-refractivity contribution in [2.75, 3.05) is 41.7 Å². The van der Waals surface area contributed by atoms with Crippen molar-refractivity contribution in [2.24, 2.45) is 0 Å². The Morgan fingerprint density at radius 1 is 0.848 bits per heavy atom. The van der Waals surface area contributed by atoms with E-state index in [4.69, 9.17) is 0 Å². The second-order valence-corrected chi connectivity index (χ2v) is 7.96. The summed E-state index contributed by atoms with van der Waals surface area (Å²) in [5.41, 5.74) is 0.804. The minimum atomic E-state index is -0.0821. The van der Waals surface area contributed by atoms with Gasteiger partial charge in [-0.05, 0) is 42.0 Å². The molecule has 1 saturated heterocycles. The number of urea groups is 1. The summed E-state index contributed by atoms with van der Waals surface area (Å²) < 4.78 is 0. The highest BCUT2D eigenvalue weighted by Crippen LogP contribution is 2.22. The molecule has 5 rings (SSSR count). The molecule has 0 radical (unpaired) electrons. The molecule has 2 amide bonds. The lowest BCUT2D eigenvalue weighted by Gasteiger charge is -2.35. The van der Waals surface area contributed by atoms with Gasteiger partial charge in [0.05, 0.1) is 0 Å². The summed E-state index contributed by atoms with van der Waals surface area (Å²) >= 11 is 0. The highest BCUT2D eigenvalue weighted by Gasteiger charge is 2.22. The number of benzene rings is 2. The summed E-state index contributed by atoms with van der Waals surface area (Å²) in [7, 11) is 0. The van der Waals surface area contributed by atoms with E-state index in [0.29, 0.717) is 37.8 Å². The van der Waals surface area contributed by atoms with Crippen LogP contribution in [0, 0.1) is 6.92 Å². The number of aryl methyl sites for hydroxylation is 1. The number of nitrogens with one attached hydrogen (secondary N) is 2. The zero-order valence-corrected chi connectivity index (χ0v) is 18.4. The summed E-state index contributed by atoms with van der Waals surface area (Å²) in [6.07, 6.45) is 1.74. The first-order valence-electron chi connectivity index (χ1n) is 11.0. The first-order valence-corrected chi connectivity index (χ1v) is 11.0. The maximum Gasteiger partial charge on any atom is 0.321 e. The van der Waals surface area contributed by atoms with Gasteiger partial charge in [-0.2, -0.15) is 0 Å². The molecule has 2 N–H and O–H groups in total. The van der Waals surface area contributed by atoms with E-state index >= 15 is 0 Å². The normalized spacial score (nSPS) is 13.7. The molecule has 2 aromatic carbocycles. The van der Waals surface area contributed by atoms with Crippen LogP contribution in [0.15, 0.2) is 72.9 Å². The molecular formula is C25H25N7O. The average Bonchev–Trinajstić information content (AvgIpc) is 2.84. The third kappa shape index (κ3) is 4.85. The Hall–Kier alpha value is -4.20. The molecule has 0 bridgehead atoms. The maximum absolute atomic E-state index is 12.8. The summed E-state index contributed by atoms with van der Waals surface area (Å²) in [6.45, 7) is 4.51. The Morgan fingerprint density at radius 3 is 2.42 bits per heavy atom. The molecule has 2 aromatic heterocycles. The molecule has 3 heterocycles. The predicted molar refractivity (Wildman–Crippen MR) is 131 cm³/mol. The largest absolute Gasteiger partial charge is 0.353 e. The number of hydrogen-bond donors (Lipinski definition) is 2. The highest BCUT2D eigenvalue weighted by molar-refractivity contribution is 5.93. The molecule has 8 nitrogen and oxygen atoms in total. The van der Waals surface area contributed by atoms with Crippen LogP contribution in [0.3, 0.4) is 0 Å². The second kappa shape index (κ2) is 9.12. The van der Waals surface area contributed by atoms with E-state index in [1.165, 1.54) is 0 Å². The van der Waals surface area contributed by atoms with Crippen LogP contribution in [0.5, 0.6) is 0 Å². The summed E-state index contributed by atoms with van der Waals surface area (Å²) in [5, 5.41) is 8.52. The Balaban J connectivity index is 1.22. The van der Waals surface area contributed by atoms with E-state index < -0.39 is 0 Å². The average molecular weight is 440 g/mol. The van der Waals surface area contributed by atoms with Gasteiger partial charge in [0.1, 0.15) is 23.3 Å². The van der Waals surface area contributed by atoms with Crippen molar-refractivity contribution in [3.05, 3.63) is 78.8 Å². The molecule has 1 aliphatic heterocycles. The van der Waals surface area contributed by atoms with Crippen molar-refractivity contribution in [3.63, 3.8) is 0 Å².